The topological polar surface area (TPSA) is 52.3 Å². The number of Topliss-reactive ketones (excluding diaryl/α,β-unsaturated/α-hetero) is 1. The van der Waals surface area contributed by atoms with Gasteiger partial charge in [0, 0.05) is 12.0 Å². The molecule has 3 nitrogen and oxygen atoms in total. The lowest BCUT2D eigenvalue weighted by Gasteiger charge is -2.12. The first-order chi connectivity index (χ1) is 7.52. The number of benzene rings is 1. The number of carbonyl (C=O) groups is 1. The fourth-order valence-corrected chi connectivity index (χ4v) is 2.15. The average molecular weight is 240 g/mol. The minimum atomic E-state index is -0.520. The molecule has 2 rings (SSSR count). The Bertz CT molecular complexity index is 455. The molecule has 1 aromatic carbocycles. The van der Waals surface area contributed by atoms with Crippen LogP contribution >= 0.6 is 11.6 Å². The van der Waals surface area contributed by atoms with Gasteiger partial charge in [-0.25, -0.2) is 0 Å². The molecule has 0 aromatic heterocycles. The quantitative estimate of drug-likeness (QED) is 0.805. The molecular formula is C12H14ClNO2. The third-order valence-electron chi connectivity index (χ3n) is 2.77. The van der Waals surface area contributed by atoms with E-state index >= 15 is 0 Å². The molecule has 0 saturated heterocycles. The maximum absolute atomic E-state index is 11.9. The smallest absolute Gasteiger partial charge is 0.182 e. The third kappa shape index (κ3) is 1.70. The van der Waals surface area contributed by atoms with Crippen LogP contribution in [0, 0.1) is 6.92 Å². The van der Waals surface area contributed by atoms with Crippen molar-refractivity contribution in [2.75, 3.05) is 6.61 Å². The first kappa shape index (κ1) is 11.4. The number of hydrogen-bond acceptors (Lipinski definition) is 3. The Morgan fingerprint density at radius 1 is 1.62 bits per heavy atom. The summed E-state index contributed by atoms with van der Waals surface area (Å²) in [6.45, 7) is 4.14. The first-order valence-corrected chi connectivity index (χ1v) is 5.64. The van der Waals surface area contributed by atoms with Gasteiger partial charge in [-0.1, -0.05) is 11.6 Å². The van der Waals surface area contributed by atoms with Gasteiger partial charge < -0.3 is 10.5 Å². The molecular weight excluding hydrogens is 226 g/mol. The number of halogens is 1. The maximum atomic E-state index is 11.9. The number of rotatable bonds is 2. The zero-order valence-corrected chi connectivity index (χ0v) is 10.1. The van der Waals surface area contributed by atoms with Gasteiger partial charge in [0.15, 0.2) is 5.78 Å². The summed E-state index contributed by atoms with van der Waals surface area (Å²) in [6, 6.07) is 1.24. The van der Waals surface area contributed by atoms with E-state index in [1.54, 1.807) is 13.0 Å². The summed E-state index contributed by atoms with van der Waals surface area (Å²) in [6.07, 6.45) is 0.759. The second kappa shape index (κ2) is 4.07. The Labute approximate surface area is 99.5 Å². The molecule has 1 heterocycles. The molecule has 0 spiro atoms. The SMILES string of the molecule is Cc1cc(C(=O)C(C)N)c2c(c1Cl)CCO2. The average Bonchev–Trinajstić information content (AvgIpc) is 2.71. The van der Waals surface area contributed by atoms with Crippen LogP contribution in [0.4, 0.5) is 0 Å². The lowest BCUT2D eigenvalue weighted by molar-refractivity contribution is 0.0965. The fourth-order valence-electron chi connectivity index (χ4n) is 1.92. The van der Waals surface area contributed by atoms with Crippen molar-refractivity contribution >= 4 is 17.4 Å². The number of carbonyl (C=O) groups excluding carboxylic acids is 1. The lowest BCUT2D eigenvalue weighted by atomic mass is 9.98. The van der Waals surface area contributed by atoms with E-state index in [1.165, 1.54) is 0 Å². The van der Waals surface area contributed by atoms with E-state index < -0.39 is 6.04 Å². The molecule has 1 atom stereocenters. The van der Waals surface area contributed by atoms with Gasteiger partial charge in [0.25, 0.3) is 0 Å². The summed E-state index contributed by atoms with van der Waals surface area (Å²) in [4.78, 5) is 11.9. The van der Waals surface area contributed by atoms with Crippen LogP contribution in [0.2, 0.25) is 5.02 Å². The van der Waals surface area contributed by atoms with Gasteiger partial charge in [0.1, 0.15) is 5.75 Å². The second-order valence-corrected chi connectivity index (χ2v) is 4.49. The Balaban J connectivity index is 2.59. The van der Waals surface area contributed by atoms with Gasteiger partial charge in [0.05, 0.1) is 23.2 Å². The number of fused-ring (bicyclic) bond motifs is 1. The number of ether oxygens (including phenoxy) is 1. The fraction of sp³-hybridized carbons (Fsp3) is 0.417. The normalized spacial score (nSPS) is 15.5. The summed E-state index contributed by atoms with van der Waals surface area (Å²) < 4.78 is 5.48. The Morgan fingerprint density at radius 3 is 2.94 bits per heavy atom. The van der Waals surface area contributed by atoms with E-state index in [1.807, 2.05) is 6.92 Å². The highest BCUT2D eigenvalue weighted by Crippen LogP contribution is 2.37. The minimum Gasteiger partial charge on any atom is -0.492 e. The molecule has 0 saturated carbocycles. The van der Waals surface area contributed by atoms with Crippen molar-refractivity contribution in [1.82, 2.24) is 0 Å². The highest BCUT2D eigenvalue weighted by atomic mass is 35.5. The predicted octanol–water partition coefficient (Wildman–Crippen LogP) is 2.11. The van der Waals surface area contributed by atoms with Crippen LogP contribution in [-0.4, -0.2) is 18.4 Å². The highest BCUT2D eigenvalue weighted by Gasteiger charge is 2.26. The van der Waals surface area contributed by atoms with Crippen molar-refractivity contribution in [1.29, 1.82) is 0 Å². The standard InChI is InChI=1S/C12H14ClNO2/c1-6-5-9(11(15)7(2)14)12-8(10(6)13)3-4-16-12/h5,7H,3-4,14H2,1-2H3. The van der Waals surface area contributed by atoms with Crippen molar-refractivity contribution in [3.8, 4) is 5.75 Å². The van der Waals surface area contributed by atoms with Gasteiger partial charge in [-0.2, -0.15) is 0 Å². The van der Waals surface area contributed by atoms with Gasteiger partial charge in [-0.15, -0.1) is 0 Å². The molecule has 86 valence electrons. The van der Waals surface area contributed by atoms with Crippen LogP contribution in [0.3, 0.4) is 0 Å². The monoisotopic (exact) mass is 239 g/mol. The maximum Gasteiger partial charge on any atom is 0.182 e. The second-order valence-electron chi connectivity index (χ2n) is 4.11. The Kier molecular flexibility index (Phi) is 2.91. The van der Waals surface area contributed by atoms with Crippen molar-refractivity contribution in [2.45, 2.75) is 26.3 Å². The third-order valence-corrected chi connectivity index (χ3v) is 3.29. The summed E-state index contributed by atoms with van der Waals surface area (Å²) >= 11 is 6.17. The van der Waals surface area contributed by atoms with E-state index in [0.717, 1.165) is 17.5 Å². The van der Waals surface area contributed by atoms with E-state index in [4.69, 9.17) is 22.1 Å². The van der Waals surface area contributed by atoms with Gasteiger partial charge in [-0.05, 0) is 25.5 Å². The molecule has 0 bridgehead atoms. The molecule has 1 aliphatic heterocycles. The molecule has 1 aromatic rings. The summed E-state index contributed by atoms with van der Waals surface area (Å²) in [5, 5.41) is 0.703. The summed E-state index contributed by atoms with van der Waals surface area (Å²) in [7, 11) is 0. The van der Waals surface area contributed by atoms with Crippen molar-refractivity contribution in [3.63, 3.8) is 0 Å². The Morgan fingerprint density at radius 2 is 2.31 bits per heavy atom. The molecule has 1 aliphatic rings. The van der Waals surface area contributed by atoms with Crippen LogP contribution < -0.4 is 10.5 Å². The predicted molar refractivity (Wildman–Crippen MR) is 63.4 cm³/mol. The van der Waals surface area contributed by atoms with Crippen LogP contribution in [-0.2, 0) is 6.42 Å². The van der Waals surface area contributed by atoms with E-state index in [-0.39, 0.29) is 5.78 Å². The molecule has 0 amide bonds. The zero-order chi connectivity index (χ0) is 11.9. The van der Waals surface area contributed by atoms with Gasteiger partial charge in [0.2, 0.25) is 0 Å². The van der Waals surface area contributed by atoms with Crippen LogP contribution in [0.15, 0.2) is 6.07 Å². The van der Waals surface area contributed by atoms with Crippen LogP contribution in [0.5, 0.6) is 5.75 Å². The van der Waals surface area contributed by atoms with E-state index in [0.29, 0.717) is 22.9 Å². The molecule has 0 fully saturated rings. The summed E-state index contributed by atoms with van der Waals surface area (Å²) in [5.74, 6) is 0.524. The highest BCUT2D eigenvalue weighted by molar-refractivity contribution is 6.32. The zero-order valence-electron chi connectivity index (χ0n) is 9.34. The molecule has 1 unspecified atom stereocenters. The largest absolute Gasteiger partial charge is 0.492 e. The number of aryl methyl sites for hydroxylation is 1. The Hall–Kier alpha value is -1.06. The van der Waals surface area contributed by atoms with Crippen molar-refractivity contribution in [2.24, 2.45) is 5.73 Å². The van der Waals surface area contributed by atoms with Gasteiger partial charge >= 0.3 is 0 Å². The van der Waals surface area contributed by atoms with Gasteiger partial charge in [-0.3, -0.25) is 4.79 Å². The number of ketones is 1. The number of hydrogen-bond donors (Lipinski definition) is 1. The van der Waals surface area contributed by atoms with Crippen molar-refractivity contribution in [3.05, 3.63) is 27.8 Å². The van der Waals surface area contributed by atoms with Crippen molar-refractivity contribution < 1.29 is 9.53 Å². The van der Waals surface area contributed by atoms with Crippen LogP contribution in [0.1, 0.15) is 28.4 Å². The summed E-state index contributed by atoms with van der Waals surface area (Å²) in [5.41, 5.74) is 8.01. The molecule has 16 heavy (non-hydrogen) atoms. The van der Waals surface area contributed by atoms with E-state index in [2.05, 4.69) is 0 Å². The number of nitrogens with two attached hydrogens (primary N) is 1. The first-order valence-electron chi connectivity index (χ1n) is 5.27. The molecule has 2 N–H and O–H groups in total. The minimum absolute atomic E-state index is 0.0992. The molecule has 4 heteroatoms. The van der Waals surface area contributed by atoms with Crippen LogP contribution in [0.25, 0.3) is 0 Å². The molecule has 0 aliphatic carbocycles. The molecule has 0 radical (unpaired) electrons. The van der Waals surface area contributed by atoms with E-state index in [9.17, 15) is 4.79 Å². The lowest BCUT2D eigenvalue weighted by Crippen LogP contribution is -2.27.